The summed E-state index contributed by atoms with van der Waals surface area (Å²) in [5.41, 5.74) is 7.61. The second-order valence-electron chi connectivity index (χ2n) is 3.49. The topological polar surface area (TPSA) is 82.8 Å². The Hall–Kier alpha value is -1.50. The van der Waals surface area contributed by atoms with E-state index in [-0.39, 0.29) is 0 Å². The number of thioether (sulfide) groups is 1. The molecule has 0 bridgehead atoms. The Kier molecular flexibility index (Phi) is 2.86. The average molecular weight is 239 g/mol. The van der Waals surface area contributed by atoms with E-state index in [1.165, 1.54) is 0 Å². The zero-order valence-corrected chi connectivity index (χ0v) is 10.2. The Bertz CT molecular complexity index is 484. The fraction of sp³-hybridized carbons (Fsp3) is 0.444. The van der Waals surface area contributed by atoms with Crippen molar-refractivity contribution in [3.05, 3.63) is 17.0 Å². The summed E-state index contributed by atoms with van der Waals surface area (Å²) in [5.74, 6) is 2.02. The maximum Gasteiger partial charge on any atom is 0.222 e. The molecule has 86 valence electrons. The molecule has 0 amide bonds. The molecule has 2 heterocycles. The average Bonchev–Trinajstić information content (AvgIpc) is 2.73. The third-order valence-corrected chi connectivity index (χ3v) is 3.44. The van der Waals surface area contributed by atoms with Crippen molar-refractivity contribution in [1.82, 2.24) is 19.9 Å². The highest BCUT2D eigenvalue weighted by molar-refractivity contribution is 7.98. The summed E-state index contributed by atoms with van der Waals surface area (Å²) >= 11 is 1.56. The summed E-state index contributed by atoms with van der Waals surface area (Å²) in [7, 11) is 1.84. The molecule has 2 rings (SSSR count). The van der Waals surface area contributed by atoms with E-state index in [9.17, 15) is 0 Å². The van der Waals surface area contributed by atoms with Crippen LogP contribution in [0.15, 0.2) is 9.68 Å². The molecule has 2 N–H and O–H groups in total. The van der Waals surface area contributed by atoms with Gasteiger partial charge in [0.05, 0.1) is 5.69 Å². The minimum Gasteiger partial charge on any atom is -0.368 e. The molecule has 0 spiro atoms. The summed E-state index contributed by atoms with van der Waals surface area (Å²) in [6, 6.07) is 0. The minimum atomic E-state index is 0.418. The van der Waals surface area contributed by atoms with E-state index >= 15 is 0 Å². The normalized spacial score (nSPS) is 10.9. The van der Waals surface area contributed by atoms with Gasteiger partial charge in [0, 0.05) is 18.4 Å². The van der Waals surface area contributed by atoms with Crippen molar-refractivity contribution in [1.29, 1.82) is 0 Å². The molecule has 0 atom stereocenters. The van der Waals surface area contributed by atoms with Gasteiger partial charge in [-0.05, 0) is 13.8 Å². The molecule has 6 nitrogen and oxygen atoms in total. The second-order valence-corrected chi connectivity index (χ2v) is 4.43. The van der Waals surface area contributed by atoms with Crippen LogP contribution in [-0.2, 0) is 12.8 Å². The number of rotatable bonds is 3. The molecule has 0 aromatic carbocycles. The van der Waals surface area contributed by atoms with E-state index in [2.05, 4.69) is 15.4 Å². The third kappa shape index (κ3) is 1.90. The molecular formula is C9H13N5OS. The zero-order valence-electron chi connectivity index (χ0n) is 9.39. The molecule has 2 aromatic rings. The van der Waals surface area contributed by atoms with Crippen molar-refractivity contribution >= 4 is 17.7 Å². The predicted molar refractivity (Wildman–Crippen MR) is 61.0 cm³/mol. The Morgan fingerprint density at radius 2 is 2.12 bits per heavy atom. The molecule has 7 heteroatoms. The van der Waals surface area contributed by atoms with Crippen LogP contribution in [0.5, 0.6) is 0 Å². The van der Waals surface area contributed by atoms with Gasteiger partial charge in [-0.1, -0.05) is 16.9 Å². The van der Waals surface area contributed by atoms with Crippen LogP contribution in [-0.4, -0.2) is 19.9 Å². The highest BCUT2D eigenvalue weighted by atomic mass is 32.2. The predicted octanol–water partition coefficient (Wildman–Crippen LogP) is 1.29. The van der Waals surface area contributed by atoms with Gasteiger partial charge in [-0.2, -0.15) is 0 Å². The highest BCUT2D eigenvalue weighted by Crippen LogP contribution is 2.24. The van der Waals surface area contributed by atoms with Crippen molar-refractivity contribution in [2.45, 2.75) is 24.8 Å². The number of hydrogen-bond donors (Lipinski definition) is 1. The lowest BCUT2D eigenvalue weighted by atomic mass is 10.2. The maximum absolute atomic E-state index is 5.59. The van der Waals surface area contributed by atoms with Crippen LogP contribution in [0, 0.1) is 13.8 Å². The number of aryl methyl sites for hydroxylation is 2. The molecule has 0 fully saturated rings. The number of anilines is 1. The summed E-state index contributed by atoms with van der Waals surface area (Å²) in [5, 5.41) is 12.5. The van der Waals surface area contributed by atoms with Gasteiger partial charge >= 0.3 is 0 Å². The number of nitrogens with two attached hydrogens (primary N) is 1. The molecular weight excluding hydrogens is 226 g/mol. The Morgan fingerprint density at radius 3 is 2.62 bits per heavy atom. The van der Waals surface area contributed by atoms with E-state index < -0.39 is 0 Å². The first kappa shape index (κ1) is 11.0. The summed E-state index contributed by atoms with van der Waals surface area (Å²) in [4.78, 5) is 0. The SMILES string of the molecule is Cc1noc(C)c1CSc1nnc(N)n1C. The molecule has 0 saturated heterocycles. The monoisotopic (exact) mass is 239 g/mol. The van der Waals surface area contributed by atoms with Crippen molar-refractivity contribution in [3.8, 4) is 0 Å². The Morgan fingerprint density at radius 1 is 1.38 bits per heavy atom. The number of nitrogens with zero attached hydrogens (tertiary/aromatic N) is 4. The van der Waals surface area contributed by atoms with Crippen LogP contribution < -0.4 is 5.73 Å². The first-order valence-corrected chi connectivity index (χ1v) is 5.77. The molecule has 0 aliphatic carbocycles. The summed E-state index contributed by atoms with van der Waals surface area (Å²) < 4.78 is 6.84. The van der Waals surface area contributed by atoms with Gasteiger partial charge in [0.25, 0.3) is 0 Å². The largest absolute Gasteiger partial charge is 0.368 e. The van der Waals surface area contributed by atoms with Crippen molar-refractivity contribution in [3.63, 3.8) is 0 Å². The lowest BCUT2D eigenvalue weighted by Gasteiger charge is -2.00. The van der Waals surface area contributed by atoms with Crippen molar-refractivity contribution < 1.29 is 4.52 Å². The molecule has 16 heavy (non-hydrogen) atoms. The smallest absolute Gasteiger partial charge is 0.222 e. The number of aromatic nitrogens is 4. The molecule has 2 aromatic heterocycles. The van der Waals surface area contributed by atoms with Gasteiger partial charge in [-0.15, -0.1) is 10.2 Å². The summed E-state index contributed by atoms with van der Waals surface area (Å²) in [6.07, 6.45) is 0. The number of hydrogen-bond acceptors (Lipinski definition) is 6. The maximum atomic E-state index is 5.59. The van der Waals surface area contributed by atoms with Crippen LogP contribution in [0.4, 0.5) is 5.95 Å². The van der Waals surface area contributed by atoms with Crippen molar-refractivity contribution in [2.75, 3.05) is 5.73 Å². The molecule has 0 saturated carbocycles. The fourth-order valence-electron chi connectivity index (χ4n) is 1.30. The van der Waals surface area contributed by atoms with Crippen LogP contribution in [0.1, 0.15) is 17.0 Å². The van der Waals surface area contributed by atoms with Crippen LogP contribution in [0.25, 0.3) is 0 Å². The van der Waals surface area contributed by atoms with Gasteiger partial charge in [-0.25, -0.2) is 0 Å². The minimum absolute atomic E-state index is 0.418. The zero-order chi connectivity index (χ0) is 11.7. The Labute approximate surface area is 97.2 Å². The Balaban J connectivity index is 2.11. The first-order valence-electron chi connectivity index (χ1n) is 4.79. The van der Waals surface area contributed by atoms with Gasteiger partial charge in [0.15, 0.2) is 5.16 Å². The van der Waals surface area contributed by atoms with Gasteiger partial charge in [0.1, 0.15) is 5.76 Å². The molecule has 0 radical (unpaired) electrons. The number of nitrogen functional groups attached to an aromatic ring is 1. The first-order chi connectivity index (χ1) is 7.59. The van der Waals surface area contributed by atoms with Crippen LogP contribution in [0.2, 0.25) is 0 Å². The quantitative estimate of drug-likeness (QED) is 0.813. The highest BCUT2D eigenvalue weighted by Gasteiger charge is 2.12. The van der Waals surface area contributed by atoms with E-state index in [1.54, 1.807) is 16.3 Å². The van der Waals surface area contributed by atoms with E-state index in [0.29, 0.717) is 5.95 Å². The molecule has 0 aliphatic heterocycles. The van der Waals surface area contributed by atoms with E-state index in [0.717, 1.165) is 27.9 Å². The summed E-state index contributed by atoms with van der Waals surface area (Å²) in [6.45, 7) is 3.83. The second kappa shape index (κ2) is 4.17. The van der Waals surface area contributed by atoms with Gasteiger partial charge in [0.2, 0.25) is 5.95 Å². The van der Waals surface area contributed by atoms with Crippen LogP contribution >= 0.6 is 11.8 Å². The lowest BCUT2D eigenvalue weighted by Crippen LogP contribution is -1.98. The lowest BCUT2D eigenvalue weighted by molar-refractivity contribution is 0.392. The third-order valence-electron chi connectivity index (χ3n) is 2.40. The molecule has 0 unspecified atom stereocenters. The molecule has 0 aliphatic rings. The van der Waals surface area contributed by atoms with Crippen LogP contribution in [0.3, 0.4) is 0 Å². The standard InChI is InChI=1S/C9H13N5OS/c1-5-7(6(2)15-13-5)4-16-9-12-11-8(10)14(9)3/h4H2,1-3H3,(H2,10,11). The van der Waals surface area contributed by atoms with E-state index in [1.807, 2.05) is 20.9 Å². The van der Waals surface area contributed by atoms with Gasteiger partial charge < -0.3 is 10.3 Å². The van der Waals surface area contributed by atoms with E-state index in [4.69, 9.17) is 10.3 Å². The van der Waals surface area contributed by atoms with Crippen molar-refractivity contribution in [2.24, 2.45) is 7.05 Å². The fourth-order valence-corrected chi connectivity index (χ4v) is 2.37. The van der Waals surface area contributed by atoms with Gasteiger partial charge in [-0.3, -0.25) is 4.57 Å².